The summed E-state index contributed by atoms with van der Waals surface area (Å²) in [5.41, 5.74) is 0. The molecule has 1 unspecified atom stereocenters. The molecule has 0 saturated carbocycles. The number of rotatable bonds is 16. The highest BCUT2D eigenvalue weighted by Gasteiger charge is 2.02. The SMILES string of the molecule is CCCCCCCCCCCCCC(S)CCCCC. The second-order valence-corrected chi connectivity index (χ2v) is 7.20. The fourth-order valence-electron chi connectivity index (χ4n) is 2.82. The standard InChI is InChI=1S/C19H40S/c1-3-5-7-8-9-10-11-12-13-14-16-18-19(20)17-15-6-4-2/h19-20H,3-18H2,1-2H3. The summed E-state index contributed by atoms with van der Waals surface area (Å²) in [4.78, 5) is 0. The van der Waals surface area contributed by atoms with Crippen LogP contribution in [-0.2, 0) is 0 Å². The van der Waals surface area contributed by atoms with Crippen LogP contribution in [0, 0.1) is 0 Å². The molecule has 0 fully saturated rings. The molecule has 0 aromatic rings. The van der Waals surface area contributed by atoms with E-state index in [-0.39, 0.29) is 0 Å². The highest BCUT2D eigenvalue weighted by atomic mass is 32.1. The molecule has 0 aliphatic carbocycles. The molecule has 0 radical (unpaired) electrons. The summed E-state index contributed by atoms with van der Waals surface area (Å²) in [6.45, 7) is 4.57. The molecule has 0 saturated heterocycles. The van der Waals surface area contributed by atoms with E-state index in [0.29, 0.717) is 5.25 Å². The Balaban J connectivity index is 3.05. The van der Waals surface area contributed by atoms with Gasteiger partial charge < -0.3 is 0 Å². The molecular formula is C19H40S. The van der Waals surface area contributed by atoms with Gasteiger partial charge in [-0.2, -0.15) is 12.6 Å². The van der Waals surface area contributed by atoms with Gasteiger partial charge in [-0.15, -0.1) is 0 Å². The zero-order valence-corrected chi connectivity index (χ0v) is 15.2. The van der Waals surface area contributed by atoms with Crippen molar-refractivity contribution in [2.75, 3.05) is 0 Å². The van der Waals surface area contributed by atoms with Crippen LogP contribution in [0.4, 0.5) is 0 Å². The van der Waals surface area contributed by atoms with Crippen molar-refractivity contribution in [3.8, 4) is 0 Å². The van der Waals surface area contributed by atoms with Crippen LogP contribution in [0.3, 0.4) is 0 Å². The predicted molar refractivity (Wildman–Crippen MR) is 98.0 cm³/mol. The van der Waals surface area contributed by atoms with Gasteiger partial charge in [-0.3, -0.25) is 0 Å². The molecule has 0 N–H and O–H groups in total. The number of hydrogen-bond donors (Lipinski definition) is 1. The third kappa shape index (κ3) is 16.4. The van der Waals surface area contributed by atoms with E-state index in [0.717, 1.165) is 0 Å². The van der Waals surface area contributed by atoms with Crippen molar-refractivity contribution in [2.45, 2.75) is 122 Å². The summed E-state index contributed by atoms with van der Waals surface area (Å²) < 4.78 is 0. The smallest absolute Gasteiger partial charge is 0.00168 e. The van der Waals surface area contributed by atoms with Gasteiger partial charge in [-0.25, -0.2) is 0 Å². The average molecular weight is 301 g/mol. The molecule has 0 aliphatic heterocycles. The topological polar surface area (TPSA) is 0 Å². The lowest BCUT2D eigenvalue weighted by molar-refractivity contribution is 0.533. The Hall–Kier alpha value is 0.350. The highest BCUT2D eigenvalue weighted by molar-refractivity contribution is 7.80. The third-order valence-electron chi connectivity index (χ3n) is 4.28. The Morgan fingerprint density at radius 2 is 0.800 bits per heavy atom. The molecule has 1 atom stereocenters. The summed E-state index contributed by atoms with van der Waals surface area (Å²) in [7, 11) is 0. The Morgan fingerprint density at radius 1 is 0.500 bits per heavy atom. The lowest BCUT2D eigenvalue weighted by atomic mass is 10.0. The minimum absolute atomic E-state index is 0.667. The first kappa shape index (κ1) is 20.3. The molecular weight excluding hydrogens is 260 g/mol. The van der Waals surface area contributed by atoms with Gasteiger partial charge in [0.2, 0.25) is 0 Å². The maximum Gasteiger partial charge on any atom is 0.00168 e. The average Bonchev–Trinajstić information content (AvgIpc) is 2.45. The van der Waals surface area contributed by atoms with Crippen molar-refractivity contribution in [1.29, 1.82) is 0 Å². The first-order valence-corrected chi connectivity index (χ1v) is 10.0. The van der Waals surface area contributed by atoms with Crippen molar-refractivity contribution < 1.29 is 0 Å². The second-order valence-electron chi connectivity index (χ2n) is 6.47. The zero-order chi connectivity index (χ0) is 14.9. The van der Waals surface area contributed by atoms with Crippen LogP contribution in [0.5, 0.6) is 0 Å². The molecule has 0 aromatic carbocycles. The number of unbranched alkanes of at least 4 members (excludes halogenated alkanes) is 12. The summed E-state index contributed by atoms with van der Waals surface area (Å²) >= 11 is 4.70. The van der Waals surface area contributed by atoms with Crippen molar-refractivity contribution in [3.05, 3.63) is 0 Å². The van der Waals surface area contributed by atoms with E-state index in [1.54, 1.807) is 0 Å². The molecule has 0 rings (SSSR count). The van der Waals surface area contributed by atoms with Crippen LogP contribution in [0.2, 0.25) is 0 Å². The quantitative estimate of drug-likeness (QED) is 0.220. The Kier molecular flexibility index (Phi) is 17.7. The van der Waals surface area contributed by atoms with E-state index < -0.39 is 0 Å². The first-order valence-electron chi connectivity index (χ1n) is 9.49. The molecule has 1 heteroatoms. The Morgan fingerprint density at radius 3 is 1.25 bits per heavy atom. The minimum Gasteiger partial charge on any atom is -0.176 e. The first-order chi connectivity index (χ1) is 9.81. The van der Waals surface area contributed by atoms with E-state index in [9.17, 15) is 0 Å². The molecule has 0 nitrogen and oxygen atoms in total. The summed E-state index contributed by atoms with van der Waals surface area (Å²) in [5.74, 6) is 0. The summed E-state index contributed by atoms with van der Waals surface area (Å²) in [6, 6.07) is 0. The van der Waals surface area contributed by atoms with Crippen molar-refractivity contribution in [3.63, 3.8) is 0 Å². The highest BCUT2D eigenvalue weighted by Crippen LogP contribution is 2.17. The van der Waals surface area contributed by atoms with Gasteiger partial charge in [0, 0.05) is 5.25 Å². The molecule has 0 spiro atoms. The van der Waals surface area contributed by atoms with E-state index in [4.69, 9.17) is 12.6 Å². The van der Waals surface area contributed by atoms with E-state index in [1.807, 2.05) is 0 Å². The fourth-order valence-corrected chi connectivity index (χ4v) is 3.18. The molecule has 0 heterocycles. The monoisotopic (exact) mass is 300 g/mol. The molecule has 0 aliphatic rings. The lowest BCUT2D eigenvalue weighted by Gasteiger charge is -2.09. The van der Waals surface area contributed by atoms with E-state index in [1.165, 1.54) is 103 Å². The van der Waals surface area contributed by atoms with Crippen LogP contribution >= 0.6 is 12.6 Å². The van der Waals surface area contributed by atoms with Crippen LogP contribution in [-0.4, -0.2) is 5.25 Å². The number of hydrogen-bond acceptors (Lipinski definition) is 1. The van der Waals surface area contributed by atoms with Crippen LogP contribution in [0.1, 0.15) is 117 Å². The molecule has 0 bridgehead atoms. The van der Waals surface area contributed by atoms with Gasteiger partial charge in [-0.1, -0.05) is 104 Å². The van der Waals surface area contributed by atoms with Gasteiger partial charge in [0.05, 0.1) is 0 Å². The molecule has 0 aromatic heterocycles. The van der Waals surface area contributed by atoms with E-state index >= 15 is 0 Å². The van der Waals surface area contributed by atoms with Gasteiger partial charge in [0.25, 0.3) is 0 Å². The van der Waals surface area contributed by atoms with Crippen LogP contribution in [0.15, 0.2) is 0 Å². The van der Waals surface area contributed by atoms with Gasteiger partial charge >= 0.3 is 0 Å². The second kappa shape index (κ2) is 17.4. The predicted octanol–water partition coefficient (Wildman–Crippen LogP) is 7.57. The maximum atomic E-state index is 4.70. The van der Waals surface area contributed by atoms with E-state index in [2.05, 4.69) is 13.8 Å². The molecule has 20 heavy (non-hydrogen) atoms. The molecule has 0 amide bonds. The van der Waals surface area contributed by atoms with Crippen molar-refractivity contribution in [1.82, 2.24) is 0 Å². The normalized spacial score (nSPS) is 12.8. The third-order valence-corrected chi connectivity index (χ3v) is 4.80. The van der Waals surface area contributed by atoms with Gasteiger partial charge in [0.1, 0.15) is 0 Å². The van der Waals surface area contributed by atoms with Crippen LogP contribution in [0.25, 0.3) is 0 Å². The van der Waals surface area contributed by atoms with Gasteiger partial charge in [-0.05, 0) is 12.8 Å². The Bertz CT molecular complexity index is 167. The largest absolute Gasteiger partial charge is 0.176 e. The maximum absolute atomic E-state index is 4.70. The van der Waals surface area contributed by atoms with Crippen molar-refractivity contribution >= 4 is 12.6 Å². The summed E-state index contributed by atoms with van der Waals surface area (Å²) in [5, 5.41) is 0.667. The zero-order valence-electron chi connectivity index (χ0n) is 14.3. The number of thiol groups is 1. The lowest BCUT2D eigenvalue weighted by Crippen LogP contribution is -1.98. The minimum atomic E-state index is 0.667. The van der Waals surface area contributed by atoms with Crippen molar-refractivity contribution in [2.24, 2.45) is 0 Å². The molecule has 122 valence electrons. The Labute approximate surface area is 134 Å². The summed E-state index contributed by atoms with van der Waals surface area (Å²) in [6.07, 6.45) is 22.6. The van der Waals surface area contributed by atoms with Crippen LogP contribution < -0.4 is 0 Å². The fraction of sp³-hybridized carbons (Fsp3) is 1.00. The van der Waals surface area contributed by atoms with Gasteiger partial charge in [0.15, 0.2) is 0 Å².